The van der Waals surface area contributed by atoms with Crippen LogP contribution >= 0.6 is 11.3 Å². The van der Waals surface area contributed by atoms with Gasteiger partial charge in [-0.05, 0) is 18.1 Å². The van der Waals surface area contributed by atoms with Gasteiger partial charge in [-0.3, -0.25) is 4.79 Å². The number of rotatable bonds is 5. The predicted octanol–water partition coefficient (Wildman–Crippen LogP) is 5.24. The number of carbonyl (C=O) groups excluding carboxylic acids is 1. The Morgan fingerprint density at radius 2 is 1.85 bits per heavy atom. The molecule has 0 radical (unpaired) electrons. The van der Waals surface area contributed by atoms with Gasteiger partial charge in [0.2, 0.25) is 6.17 Å². The number of carbonyl (C=O) groups is 1. The molecule has 1 amide bonds. The zero-order valence-electron chi connectivity index (χ0n) is 20.0. The number of thiazole rings is 1. The first-order chi connectivity index (χ1) is 18.9. The summed E-state index contributed by atoms with van der Waals surface area (Å²) in [6, 6.07) is 16.4. The van der Waals surface area contributed by atoms with Crippen LogP contribution in [0.3, 0.4) is 0 Å². The molecule has 4 heterocycles. The summed E-state index contributed by atoms with van der Waals surface area (Å²) in [5.41, 5.74) is 3.24. The van der Waals surface area contributed by atoms with Gasteiger partial charge in [-0.15, -0.1) is 16.4 Å². The zero-order valence-corrected chi connectivity index (χ0v) is 20.8. The summed E-state index contributed by atoms with van der Waals surface area (Å²) < 4.78 is 51.5. The molecule has 1 atom stereocenters. The van der Waals surface area contributed by atoms with E-state index in [1.54, 1.807) is 18.2 Å². The first kappa shape index (κ1) is 24.9. The van der Waals surface area contributed by atoms with Gasteiger partial charge in [0.05, 0.1) is 29.5 Å². The highest BCUT2D eigenvalue weighted by molar-refractivity contribution is 7.13. The maximum Gasteiger partial charge on any atom is 0.443 e. The molecular formula is C26H19F3N6O3S. The van der Waals surface area contributed by atoms with Crippen molar-refractivity contribution in [2.75, 3.05) is 23.8 Å². The Hall–Kier alpha value is -4.36. The summed E-state index contributed by atoms with van der Waals surface area (Å²) in [6.07, 6.45) is -3.67. The Morgan fingerprint density at radius 3 is 2.62 bits per heavy atom. The Morgan fingerprint density at radius 1 is 1.05 bits per heavy atom. The maximum absolute atomic E-state index is 13.5. The molecule has 1 unspecified atom stereocenters. The summed E-state index contributed by atoms with van der Waals surface area (Å²) in [4.78, 5) is 21.8. The van der Waals surface area contributed by atoms with E-state index in [0.717, 1.165) is 11.1 Å². The fourth-order valence-corrected chi connectivity index (χ4v) is 5.20. The molecule has 2 N–H and O–H groups in total. The third-order valence-corrected chi connectivity index (χ3v) is 7.18. The standard InChI is InChI=1S/C26H19F3N6O3S/c27-26(28,29)24-32-19(20(39-24)15-10-12-37-13-11-15)23-34-35-25(38-23)33-21-22(36)30-17-9-5-4-8-16(17)18(31-21)14-6-2-1-3-7-14/h1-10,21H,11-13H2,(H,30,36)(H,33,35). The van der Waals surface area contributed by atoms with Gasteiger partial charge in [-0.2, -0.15) is 13.2 Å². The third-order valence-electron chi connectivity index (χ3n) is 6.01. The summed E-state index contributed by atoms with van der Waals surface area (Å²) in [6.45, 7) is 0.660. The van der Waals surface area contributed by atoms with Gasteiger partial charge in [0.1, 0.15) is 5.69 Å². The molecule has 6 rings (SSSR count). The van der Waals surface area contributed by atoms with Crippen LogP contribution in [0.25, 0.3) is 17.2 Å². The van der Waals surface area contributed by atoms with Gasteiger partial charge < -0.3 is 19.8 Å². The lowest BCUT2D eigenvalue weighted by Gasteiger charge is -2.12. The lowest BCUT2D eigenvalue weighted by molar-refractivity contribution is -0.137. The van der Waals surface area contributed by atoms with E-state index in [9.17, 15) is 18.0 Å². The number of alkyl halides is 3. The topological polar surface area (TPSA) is 115 Å². The number of ether oxygens (including phenoxy) is 1. The van der Waals surface area contributed by atoms with Crippen LogP contribution in [-0.4, -0.2) is 46.2 Å². The van der Waals surface area contributed by atoms with Crippen molar-refractivity contribution in [3.05, 3.63) is 81.7 Å². The van der Waals surface area contributed by atoms with E-state index in [0.29, 0.717) is 41.3 Å². The van der Waals surface area contributed by atoms with Crippen molar-refractivity contribution in [2.24, 2.45) is 4.99 Å². The molecule has 13 heteroatoms. The van der Waals surface area contributed by atoms with Crippen molar-refractivity contribution in [3.8, 4) is 11.6 Å². The van der Waals surface area contributed by atoms with Crippen LogP contribution in [0.1, 0.15) is 27.4 Å². The van der Waals surface area contributed by atoms with Crippen LogP contribution in [0.15, 0.2) is 70.1 Å². The van der Waals surface area contributed by atoms with Gasteiger partial charge in [0.15, 0.2) is 5.01 Å². The molecule has 0 saturated heterocycles. The number of nitrogens with one attached hydrogen (secondary N) is 2. The van der Waals surface area contributed by atoms with Crippen molar-refractivity contribution in [2.45, 2.75) is 18.8 Å². The summed E-state index contributed by atoms with van der Waals surface area (Å²) in [5.74, 6) is -0.689. The van der Waals surface area contributed by atoms with Gasteiger partial charge in [0.25, 0.3) is 11.8 Å². The van der Waals surface area contributed by atoms with Crippen molar-refractivity contribution >= 4 is 40.2 Å². The number of aromatic nitrogens is 3. The Kier molecular flexibility index (Phi) is 6.45. The predicted molar refractivity (Wildman–Crippen MR) is 138 cm³/mol. The molecule has 39 heavy (non-hydrogen) atoms. The van der Waals surface area contributed by atoms with Gasteiger partial charge in [-0.25, -0.2) is 9.98 Å². The second-order valence-electron chi connectivity index (χ2n) is 8.59. The van der Waals surface area contributed by atoms with Crippen molar-refractivity contribution in [3.63, 3.8) is 0 Å². The molecule has 0 saturated carbocycles. The average molecular weight is 553 g/mol. The quantitative estimate of drug-likeness (QED) is 0.348. The first-order valence-corrected chi connectivity index (χ1v) is 12.7. The third kappa shape index (κ3) is 5.05. The molecule has 2 aromatic carbocycles. The molecule has 2 aliphatic heterocycles. The molecule has 0 fully saturated rings. The highest BCUT2D eigenvalue weighted by Crippen LogP contribution is 2.41. The van der Waals surface area contributed by atoms with Crippen LogP contribution < -0.4 is 10.6 Å². The summed E-state index contributed by atoms with van der Waals surface area (Å²) >= 11 is 0.513. The van der Waals surface area contributed by atoms with Gasteiger partial charge in [-0.1, -0.05) is 59.7 Å². The number of benzodiazepines with no additional fused rings is 1. The zero-order chi connectivity index (χ0) is 27.0. The Labute approximate surface area is 223 Å². The lowest BCUT2D eigenvalue weighted by atomic mass is 10.0. The number of aliphatic imine (C=N–C) groups is 1. The second kappa shape index (κ2) is 10.1. The highest BCUT2D eigenvalue weighted by Gasteiger charge is 2.38. The van der Waals surface area contributed by atoms with Crippen LogP contribution in [0.4, 0.5) is 24.9 Å². The maximum atomic E-state index is 13.5. The number of hydrogen-bond acceptors (Lipinski definition) is 9. The lowest BCUT2D eigenvalue weighted by Crippen LogP contribution is -2.32. The van der Waals surface area contributed by atoms with E-state index in [1.165, 1.54) is 0 Å². The number of anilines is 2. The highest BCUT2D eigenvalue weighted by atomic mass is 32.1. The Bertz CT molecular complexity index is 1600. The summed E-state index contributed by atoms with van der Waals surface area (Å²) in [5, 5.41) is 12.5. The minimum atomic E-state index is -4.64. The van der Waals surface area contributed by atoms with E-state index in [2.05, 4.69) is 30.8 Å². The van der Waals surface area contributed by atoms with Gasteiger partial charge >= 0.3 is 12.2 Å². The van der Waals surface area contributed by atoms with Crippen LogP contribution in [0, 0.1) is 0 Å². The van der Waals surface area contributed by atoms with E-state index in [4.69, 9.17) is 9.15 Å². The van der Waals surface area contributed by atoms with Crippen LogP contribution in [-0.2, 0) is 15.7 Å². The SMILES string of the molecule is O=C1Nc2ccccc2C(c2ccccc2)=NC1Nc1nnc(-c2nc(C(F)(F)F)sc2C2=CCOCC2)o1. The molecule has 198 valence electrons. The fourth-order valence-electron chi connectivity index (χ4n) is 4.21. The summed E-state index contributed by atoms with van der Waals surface area (Å²) in [7, 11) is 0. The minimum Gasteiger partial charge on any atom is -0.402 e. The number of nitrogens with zero attached hydrogens (tertiary/aromatic N) is 4. The minimum absolute atomic E-state index is 0.0766. The van der Waals surface area contributed by atoms with E-state index in [1.807, 2.05) is 42.5 Å². The molecule has 4 aromatic rings. The normalized spacial score (nSPS) is 17.5. The molecule has 0 spiro atoms. The second-order valence-corrected chi connectivity index (χ2v) is 9.59. The largest absolute Gasteiger partial charge is 0.443 e. The van der Waals surface area contributed by atoms with Crippen LogP contribution in [0.2, 0.25) is 0 Å². The van der Waals surface area contributed by atoms with Crippen molar-refractivity contribution in [1.29, 1.82) is 0 Å². The molecule has 0 aliphatic carbocycles. The van der Waals surface area contributed by atoms with Crippen LogP contribution in [0.5, 0.6) is 0 Å². The van der Waals surface area contributed by atoms with E-state index >= 15 is 0 Å². The van der Waals surface area contributed by atoms with Crippen molar-refractivity contribution < 1.29 is 27.1 Å². The number of halogens is 3. The molecule has 2 aromatic heterocycles. The number of benzene rings is 2. The number of fused-ring (bicyclic) bond motifs is 1. The smallest absolute Gasteiger partial charge is 0.402 e. The monoisotopic (exact) mass is 552 g/mol. The molecule has 2 aliphatic rings. The molecule has 0 bridgehead atoms. The van der Waals surface area contributed by atoms with E-state index in [-0.39, 0.29) is 29.1 Å². The number of para-hydroxylation sites is 1. The fraction of sp³-hybridized carbons (Fsp3) is 0.192. The Balaban J connectivity index is 1.35. The van der Waals surface area contributed by atoms with E-state index < -0.39 is 23.3 Å². The number of hydrogen-bond donors (Lipinski definition) is 2. The van der Waals surface area contributed by atoms with Gasteiger partial charge in [0, 0.05) is 11.1 Å². The van der Waals surface area contributed by atoms with Crippen molar-refractivity contribution in [1.82, 2.24) is 15.2 Å². The first-order valence-electron chi connectivity index (χ1n) is 11.9. The average Bonchev–Trinajstić information content (AvgIpc) is 3.57. The molecule has 9 nitrogen and oxygen atoms in total. The number of amides is 1. The molecular weight excluding hydrogens is 533 g/mol.